The van der Waals surface area contributed by atoms with Gasteiger partial charge in [-0.15, -0.1) is 11.6 Å². The van der Waals surface area contributed by atoms with Gasteiger partial charge in [0, 0.05) is 24.3 Å². The standard InChI is InChI=1S/C11H11ClF2O/c12-6-2-3-8(15)7-9-10(13)4-1-5-11(9)14/h1,4-5H,2-3,6-7H2. The van der Waals surface area contributed by atoms with Crippen LogP contribution in [0.25, 0.3) is 0 Å². The maximum absolute atomic E-state index is 13.1. The summed E-state index contributed by atoms with van der Waals surface area (Å²) in [4.78, 5) is 11.3. The lowest BCUT2D eigenvalue weighted by Crippen LogP contribution is -2.06. The molecule has 0 amide bonds. The van der Waals surface area contributed by atoms with Crippen LogP contribution in [0, 0.1) is 11.6 Å². The van der Waals surface area contributed by atoms with Crippen molar-refractivity contribution in [2.24, 2.45) is 0 Å². The van der Waals surface area contributed by atoms with Crippen LogP contribution in [-0.2, 0) is 11.2 Å². The third-order valence-electron chi connectivity index (χ3n) is 2.02. The van der Waals surface area contributed by atoms with Gasteiger partial charge >= 0.3 is 0 Å². The Kier molecular flexibility index (Phi) is 4.69. The van der Waals surface area contributed by atoms with Crippen molar-refractivity contribution in [1.29, 1.82) is 0 Å². The Morgan fingerprint density at radius 3 is 2.40 bits per heavy atom. The fourth-order valence-electron chi connectivity index (χ4n) is 1.25. The van der Waals surface area contributed by atoms with Crippen LogP contribution in [-0.4, -0.2) is 11.7 Å². The maximum atomic E-state index is 13.1. The average molecular weight is 233 g/mol. The average Bonchev–Trinajstić information content (AvgIpc) is 2.21. The van der Waals surface area contributed by atoms with Crippen LogP contribution in [0.1, 0.15) is 18.4 Å². The molecule has 0 saturated heterocycles. The van der Waals surface area contributed by atoms with Gasteiger partial charge in [-0.25, -0.2) is 8.78 Å². The molecule has 0 N–H and O–H groups in total. The highest BCUT2D eigenvalue weighted by molar-refractivity contribution is 6.17. The molecule has 0 saturated carbocycles. The van der Waals surface area contributed by atoms with Crippen molar-refractivity contribution in [1.82, 2.24) is 0 Å². The quantitative estimate of drug-likeness (QED) is 0.713. The zero-order chi connectivity index (χ0) is 11.3. The maximum Gasteiger partial charge on any atom is 0.137 e. The van der Waals surface area contributed by atoms with Gasteiger partial charge in [0.2, 0.25) is 0 Å². The highest BCUT2D eigenvalue weighted by Gasteiger charge is 2.12. The number of ketones is 1. The number of carbonyl (C=O) groups excluding carboxylic acids is 1. The third-order valence-corrected chi connectivity index (χ3v) is 2.29. The summed E-state index contributed by atoms with van der Waals surface area (Å²) in [6.07, 6.45) is 0.600. The summed E-state index contributed by atoms with van der Waals surface area (Å²) >= 11 is 5.41. The van der Waals surface area contributed by atoms with Crippen LogP contribution in [0.5, 0.6) is 0 Å². The predicted molar refractivity (Wildman–Crippen MR) is 55.0 cm³/mol. The molecule has 0 heterocycles. The number of Topliss-reactive ketones (excluding diaryl/α,β-unsaturated/α-hetero) is 1. The van der Waals surface area contributed by atoms with E-state index in [1.165, 1.54) is 6.07 Å². The molecule has 0 unspecified atom stereocenters. The lowest BCUT2D eigenvalue weighted by Gasteiger charge is -2.03. The summed E-state index contributed by atoms with van der Waals surface area (Å²) in [7, 11) is 0. The highest BCUT2D eigenvalue weighted by Crippen LogP contribution is 2.13. The van der Waals surface area contributed by atoms with E-state index < -0.39 is 11.6 Å². The van der Waals surface area contributed by atoms with E-state index in [1.54, 1.807) is 0 Å². The van der Waals surface area contributed by atoms with E-state index >= 15 is 0 Å². The van der Waals surface area contributed by atoms with E-state index in [1.807, 2.05) is 0 Å². The van der Waals surface area contributed by atoms with Gasteiger partial charge in [0.1, 0.15) is 17.4 Å². The number of halogens is 3. The first-order chi connectivity index (χ1) is 7.15. The van der Waals surface area contributed by atoms with Crippen molar-refractivity contribution in [3.63, 3.8) is 0 Å². The molecule has 15 heavy (non-hydrogen) atoms. The Morgan fingerprint density at radius 1 is 1.27 bits per heavy atom. The number of carbonyl (C=O) groups is 1. The Hall–Kier alpha value is -0.960. The molecule has 0 bridgehead atoms. The van der Waals surface area contributed by atoms with Gasteiger partial charge < -0.3 is 0 Å². The highest BCUT2D eigenvalue weighted by atomic mass is 35.5. The van der Waals surface area contributed by atoms with Crippen molar-refractivity contribution in [3.8, 4) is 0 Å². The molecule has 1 aromatic carbocycles. The van der Waals surface area contributed by atoms with Crippen molar-refractivity contribution in [2.75, 3.05) is 5.88 Å². The van der Waals surface area contributed by atoms with Crippen molar-refractivity contribution >= 4 is 17.4 Å². The normalized spacial score (nSPS) is 10.3. The Bertz CT molecular complexity index is 332. The number of rotatable bonds is 5. The lowest BCUT2D eigenvalue weighted by atomic mass is 10.1. The Balaban J connectivity index is 2.68. The summed E-state index contributed by atoms with van der Waals surface area (Å²) in [5.74, 6) is -1.16. The monoisotopic (exact) mass is 232 g/mol. The first-order valence-electron chi connectivity index (χ1n) is 4.65. The van der Waals surface area contributed by atoms with Crippen LogP contribution in [0.2, 0.25) is 0 Å². The molecule has 4 heteroatoms. The smallest absolute Gasteiger partial charge is 0.137 e. The second-order valence-electron chi connectivity index (χ2n) is 3.21. The van der Waals surface area contributed by atoms with Gasteiger partial charge in [-0.05, 0) is 18.6 Å². The second-order valence-corrected chi connectivity index (χ2v) is 3.59. The minimum Gasteiger partial charge on any atom is -0.299 e. The molecule has 0 fully saturated rings. The third kappa shape index (κ3) is 3.59. The van der Waals surface area contributed by atoms with Crippen LogP contribution in [0.4, 0.5) is 8.78 Å². The van der Waals surface area contributed by atoms with Crippen LogP contribution < -0.4 is 0 Å². The molecule has 82 valence electrons. The summed E-state index contributed by atoms with van der Waals surface area (Å²) in [5, 5.41) is 0. The van der Waals surface area contributed by atoms with E-state index in [0.717, 1.165) is 12.1 Å². The molecule has 0 aliphatic heterocycles. The number of hydrogen-bond acceptors (Lipinski definition) is 1. The van der Waals surface area contributed by atoms with Gasteiger partial charge in [0.25, 0.3) is 0 Å². The molecule has 1 rings (SSSR count). The SMILES string of the molecule is O=C(CCCCl)Cc1c(F)cccc1F. The van der Waals surface area contributed by atoms with Crippen molar-refractivity contribution in [2.45, 2.75) is 19.3 Å². The molecule has 0 aromatic heterocycles. The van der Waals surface area contributed by atoms with E-state index in [2.05, 4.69) is 0 Å². The van der Waals surface area contributed by atoms with Gasteiger partial charge in [-0.3, -0.25) is 4.79 Å². The molecular formula is C11H11ClF2O. The summed E-state index contributed by atoms with van der Waals surface area (Å²) in [6.45, 7) is 0. The summed E-state index contributed by atoms with van der Waals surface area (Å²) < 4.78 is 26.2. The van der Waals surface area contributed by atoms with E-state index in [0.29, 0.717) is 12.3 Å². The van der Waals surface area contributed by atoms with Gasteiger partial charge in [-0.1, -0.05) is 6.07 Å². The van der Waals surface area contributed by atoms with Gasteiger partial charge in [0.05, 0.1) is 0 Å². The molecule has 0 aliphatic rings. The molecule has 0 spiro atoms. The number of hydrogen-bond donors (Lipinski definition) is 0. The predicted octanol–water partition coefficient (Wildman–Crippen LogP) is 3.10. The number of alkyl halides is 1. The zero-order valence-electron chi connectivity index (χ0n) is 8.10. The first-order valence-corrected chi connectivity index (χ1v) is 5.19. The summed E-state index contributed by atoms with van der Waals surface area (Å²) in [6, 6.07) is 3.57. The molecule has 0 atom stereocenters. The van der Waals surface area contributed by atoms with E-state index in [-0.39, 0.29) is 24.2 Å². The largest absolute Gasteiger partial charge is 0.299 e. The second kappa shape index (κ2) is 5.81. The minimum absolute atomic E-state index is 0.155. The Labute approximate surface area is 92.1 Å². The zero-order valence-corrected chi connectivity index (χ0v) is 8.86. The fraction of sp³-hybridized carbons (Fsp3) is 0.364. The van der Waals surface area contributed by atoms with Crippen LogP contribution in [0.3, 0.4) is 0 Å². The molecule has 1 nitrogen and oxygen atoms in total. The number of benzene rings is 1. The minimum atomic E-state index is -0.672. The molecular weight excluding hydrogens is 222 g/mol. The lowest BCUT2D eigenvalue weighted by molar-refractivity contribution is -0.118. The van der Waals surface area contributed by atoms with Crippen molar-refractivity contribution in [3.05, 3.63) is 35.4 Å². The van der Waals surface area contributed by atoms with Crippen molar-refractivity contribution < 1.29 is 13.6 Å². The Morgan fingerprint density at radius 2 is 1.87 bits per heavy atom. The van der Waals surface area contributed by atoms with E-state index in [9.17, 15) is 13.6 Å². The molecule has 0 radical (unpaired) electrons. The summed E-state index contributed by atoms with van der Waals surface area (Å²) in [5.41, 5.74) is -0.155. The van der Waals surface area contributed by atoms with E-state index in [4.69, 9.17) is 11.6 Å². The van der Waals surface area contributed by atoms with Gasteiger partial charge in [0.15, 0.2) is 0 Å². The molecule has 0 aliphatic carbocycles. The fourth-order valence-corrected chi connectivity index (χ4v) is 1.38. The molecule has 1 aromatic rings. The van der Waals surface area contributed by atoms with Crippen LogP contribution >= 0.6 is 11.6 Å². The van der Waals surface area contributed by atoms with Crippen LogP contribution in [0.15, 0.2) is 18.2 Å². The first kappa shape index (κ1) is 12.1. The topological polar surface area (TPSA) is 17.1 Å². The van der Waals surface area contributed by atoms with Gasteiger partial charge in [-0.2, -0.15) is 0 Å².